The molecule has 27 heavy (non-hydrogen) atoms. The lowest BCUT2D eigenvalue weighted by atomic mass is 9.94. The van der Waals surface area contributed by atoms with Crippen molar-refractivity contribution in [3.05, 3.63) is 59.1 Å². The van der Waals surface area contributed by atoms with Crippen LogP contribution in [0.4, 0.5) is 0 Å². The van der Waals surface area contributed by atoms with Crippen molar-refractivity contribution in [2.45, 2.75) is 6.04 Å². The predicted molar refractivity (Wildman–Crippen MR) is 105 cm³/mol. The normalized spacial score (nSPS) is 18.9. The van der Waals surface area contributed by atoms with Crippen LogP contribution in [0.15, 0.2) is 48.5 Å². The molecule has 1 aliphatic rings. The van der Waals surface area contributed by atoms with Gasteiger partial charge in [0.05, 0.1) is 25.6 Å². The summed E-state index contributed by atoms with van der Waals surface area (Å²) in [6.07, 6.45) is 0. The van der Waals surface area contributed by atoms with E-state index in [9.17, 15) is 4.79 Å². The number of benzene rings is 2. The zero-order chi connectivity index (χ0) is 19.2. The third kappa shape index (κ3) is 4.91. The average molecular weight is 390 g/mol. The molecule has 2 aromatic rings. The third-order valence-corrected chi connectivity index (χ3v) is 4.91. The summed E-state index contributed by atoms with van der Waals surface area (Å²) >= 11 is 5.96. The first-order chi connectivity index (χ1) is 13.1. The molecule has 144 valence electrons. The molecule has 6 nitrogen and oxygen atoms in total. The number of amides is 1. The molecule has 0 spiro atoms. The van der Waals surface area contributed by atoms with E-state index in [1.807, 2.05) is 48.5 Å². The Balaban J connectivity index is 1.53. The van der Waals surface area contributed by atoms with E-state index in [2.05, 4.69) is 10.9 Å². The van der Waals surface area contributed by atoms with Gasteiger partial charge in [0.1, 0.15) is 18.1 Å². The molecule has 7 heteroatoms. The second-order valence-corrected chi connectivity index (χ2v) is 6.88. The minimum atomic E-state index is -0.183. The van der Waals surface area contributed by atoms with E-state index in [-0.39, 0.29) is 17.9 Å². The zero-order valence-corrected chi connectivity index (χ0v) is 16.2. The van der Waals surface area contributed by atoms with Crippen LogP contribution in [0.25, 0.3) is 0 Å². The van der Waals surface area contributed by atoms with Crippen molar-refractivity contribution in [3.8, 4) is 11.5 Å². The van der Waals surface area contributed by atoms with Crippen molar-refractivity contribution >= 4 is 17.5 Å². The molecular weight excluding hydrogens is 366 g/mol. The molecule has 0 saturated carbocycles. The van der Waals surface area contributed by atoms with Crippen LogP contribution in [0.2, 0.25) is 5.02 Å². The fourth-order valence-electron chi connectivity index (χ4n) is 3.08. The molecule has 0 bridgehead atoms. The highest BCUT2D eigenvalue weighted by molar-refractivity contribution is 6.30. The number of methoxy groups -OCH3 is 1. The summed E-state index contributed by atoms with van der Waals surface area (Å²) in [7, 11) is 3.43. The number of likely N-dealkylation sites (N-methyl/N-ethyl adjacent to an activating group) is 1. The van der Waals surface area contributed by atoms with E-state index in [0.717, 1.165) is 17.1 Å². The molecule has 1 amide bonds. The van der Waals surface area contributed by atoms with Gasteiger partial charge in [0, 0.05) is 18.6 Å². The number of ether oxygens (including phenoxy) is 2. The highest BCUT2D eigenvalue weighted by Gasteiger charge is 2.35. The van der Waals surface area contributed by atoms with Gasteiger partial charge in [-0.3, -0.25) is 10.2 Å². The smallest absolute Gasteiger partial charge is 0.228 e. The lowest BCUT2D eigenvalue weighted by Gasteiger charge is -2.24. The molecule has 0 radical (unpaired) electrons. The van der Waals surface area contributed by atoms with Gasteiger partial charge in [0.25, 0.3) is 0 Å². The number of rotatable bonds is 7. The quantitative estimate of drug-likeness (QED) is 0.762. The Kier molecular flexibility index (Phi) is 6.55. The van der Waals surface area contributed by atoms with Gasteiger partial charge < -0.3 is 14.4 Å². The summed E-state index contributed by atoms with van der Waals surface area (Å²) in [6.45, 7) is 1.51. The Bertz CT molecular complexity index is 752. The highest BCUT2D eigenvalue weighted by Crippen LogP contribution is 2.27. The first-order valence-electron chi connectivity index (χ1n) is 8.84. The molecule has 2 aromatic carbocycles. The number of nitrogens with one attached hydrogen (secondary N) is 2. The van der Waals surface area contributed by atoms with Crippen molar-refractivity contribution in [1.82, 2.24) is 15.8 Å². The van der Waals surface area contributed by atoms with Crippen LogP contribution in [0.1, 0.15) is 11.6 Å². The van der Waals surface area contributed by atoms with Gasteiger partial charge in [-0.15, -0.1) is 0 Å². The molecule has 3 rings (SSSR count). The molecule has 1 saturated heterocycles. The average Bonchev–Trinajstić information content (AvgIpc) is 3.18. The van der Waals surface area contributed by atoms with E-state index in [4.69, 9.17) is 21.1 Å². The van der Waals surface area contributed by atoms with Crippen molar-refractivity contribution in [2.24, 2.45) is 5.92 Å². The Labute approximate surface area is 164 Å². The number of hydrogen-bond acceptors (Lipinski definition) is 5. The van der Waals surface area contributed by atoms with Crippen LogP contribution in [-0.4, -0.2) is 44.7 Å². The lowest BCUT2D eigenvalue weighted by molar-refractivity contribution is -0.134. The van der Waals surface area contributed by atoms with Crippen molar-refractivity contribution in [3.63, 3.8) is 0 Å². The standard InChI is InChI=1S/C20H24ClN3O3/c1-24(11-12-27-17-9-7-16(26-2)8-10-17)20(25)18-13-22-23-19(18)14-3-5-15(21)6-4-14/h3-10,18-19,22-23H,11-13H2,1-2H3. The summed E-state index contributed by atoms with van der Waals surface area (Å²) in [4.78, 5) is 14.6. The lowest BCUT2D eigenvalue weighted by Crippen LogP contribution is -2.38. The summed E-state index contributed by atoms with van der Waals surface area (Å²) < 4.78 is 10.8. The van der Waals surface area contributed by atoms with Crippen LogP contribution in [0, 0.1) is 5.92 Å². The first kappa shape index (κ1) is 19.5. The van der Waals surface area contributed by atoms with Crippen LogP contribution in [-0.2, 0) is 4.79 Å². The number of hydrogen-bond donors (Lipinski definition) is 2. The van der Waals surface area contributed by atoms with E-state index in [1.54, 1.807) is 19.1 Å². The fraction of sp³-hybridized carbons (Fsp3) is 0.350. The maximum atomic E-state index is 12.9. The second-order valence-electron chi connectivity index (χ2n) is 6.44. The van der Waals surface area contributed by atoms with Gasteiger partial charge >= 0.3 is 0 Å². The van der Waals surface area contributed by atoms with Gasteiger partial charge in [-0.1, -0.05) is 23.7 Å². The SMILES string of the molecule is COc1ccc(OCCN(C)C(=O)C2CNNC2c2ccc(Cl)cc2)cc1. The molecule has 1 aliphatic heterocycles. The number of carbonyl (C=O) groups excluding carboxylic acids is 1. The maximum Gasteiger partial charge on any atom is 0.228 e. The molecule has 0 aliphatic carbocycles. The molecular formula is C20H24ClN3O3. The van der Waals surface area contributed by atoms with Crippen molar-refractivity contribution in [2.75, 3.05) is 33.9 Å². The van der Waals surface area contributed by atoms with Gasteiger partial charge in [-0.25, -0.2) is 5.43 Å². The van der Waals surface area contributed by atoms with E-state index < -0.39 is 0 Å². The first-order valence-corrected chi connectivity index (χ1v) is 9.22. The van der Waals surface area contributed by atoms with Gasteiger partial charge in [0.2, 0.25) is 5.91 Å². The van der Waals surface area contributed by atoms with Crippen molar-refractivity contribution in [1.29, 1.82) is 0 Å². The summed E-state index contributed by atoms with van der Waals surface area (Å²) in [5.74, 6) is 1.42. The zero-order valence-electron chi connectivity index (χ0n) is 15.4. The monoisotopic (exact) mass is 389 g/mol. The number of hydrazine groups is 1. The van der Waals surface area contributed by atoms with Gasteiger partial charge in [0.15, 0.2) is 0 Å². The third-order valence-electron chi connectivity index (χ3n) is 4.66. The molecule has 1 heterocycles. The summed E-state index contributed by atoms with van der Waals surface area (Å²) in [5.41, 5.74) is 7.31. The Morgan fingerprint density at radius 1 is 1.15 bits per heavy atom. The molecule has 1 fully saturated rings. The Morgan fingerprint density at radius 3 is 2.48 bits per heavy atom. The molecule has 0 aromatic heterocycles. The van der Waals surface area contributed by atoms with E-state index in [0.29, 0.717) is 24.7 Å². The highest BCUT2D eigenvalue weighted by atomic mass is 35.5. The topological polar surface area (TPSA) is 62.8 Å². The number of carbonyl (C=O) groups is 1. The van der Waals surface area contributed by atoms with Crippen molar-refractivity contribution < 1.29 is 14.3 Å². The van der Waals surface area contributed by atoms with Gasteiger partial charge in [-0.05, 0) is 42.0 Å². The minimum Gasteiger partial charge on any atom is -0.497 e. The Hall–Kier alpha value is -2.28. The number of nitrogens with zero attached hydrogens (tertiary/aromatic N) is 1. The van der Waals surface area contributed by atoms with E-state index >= 15 is 0 Å². The molecule has 2 N–H and O–H groups in total. The number of halogens is 1. The largest absolute Gasteiger partial charge is 0.497 e. The summed E-state index contributed by atoms with van der Waals surface area (Å²) in [5, 5.41) is 0.681. The fourth-order valence-corrected chi connectivity index (χ4v) is 3.20. The van der Waals surface area contributed by atoms with Crippen LogP contribution in [0.3, 0.4) is 0 Å². The predicted octanol–water partition coefficient (Wildman–Crippen LogP) is 2.65. The van der Waals surface area contributed by atoms with Gasteiger partial charge in [-0.2, -0.15) is 0 Å². The molecule has 2 atom stereocenters. The molecule has 2 unspecified atom stereocenters. The summed E-state index contributed by atoms with van der Waals surface area (Å²) in [6, 6.07) is 14.9. The van der Waals surface area contributed by atoms with Crippen LogP contribution >= 0.6 is 11.6 Å². The van der Waals surface area contributed by atoms with E-state index in [1.165, 1.54) is 0 Å². The minimum absolute atomic E-state index is 0.0748. The second kappa shape index (κ2) is 9.08. The van der Waals surface area contributed by atoms with Crippen LogP contribution in [0.5, 0.6) is 11.5 Å². The Morgan fingerprint density at radius 2 is 1.81 bits per heavy atom. The van der Waals surface area contributed by atoms with Crippen LogP contribution < -0.4 is 20.3 Å². The maximum absolute atomic E-state index is 12.9.